The molecule has 0 saturated carbocycles. The maximum atomic E-state index is 12.1. The Bertz CT molecular complexity index is 587. The Hall–Kier alpha value is -0.0400. The van der Waals surface area contributed by atoms with Crippen molar-refractivity contribution < 1.29 is 4.79 Å². The van der Waals surface area contributed by atoms with E-state index in [0.717, 1.165) is 41.2 Å². The molecule has 3 rings (SSSR count). The van der Waals surface area contributed by atoms with Crippen LogP contribution in [0.5, 0.6) is 0 Å². The summed E-state index contributed by atoms with van der Waals surface area (Å²) >= 11 is 8.62. The molecule has 1 heterocycles. The second-order valence-corrected chi connectivity index (χ2v) is 7.26. The molecule has 1 aromatic rings. The molecule has 1 aromatic carbocycles. The van der Waals surface area contributed by atoms with E-state index in [0.29, 0.717) is 5.92 Å². The zero-order chi connectivity index (χ0) is 13.6. The molecule has 1 atom stereocenters. The number of carbonyl (C=O) groups is 1. The van der Waals surface area contributed by atoms with Gasteiger partial charge >= 0.3 is 0 Å². The molecule has 0 bridgehead atoms. The molecule has 1 saturated heterocycles. The van der Waals surface area contributed by atoms with Gasteiger partial charge in [0.15, 0.2) is 5.78 Å². The third-order valence-corrected chi connectivity index (χ3v) is 6.37. The topological polar surface area (TPSA) is 20.3 Å². The summed E-state index contributed by atoms with van der Waals surface area (Å²) < 4.78 is 2.31. The number of benzene rings is 1. The van der Waals surface area contributed by atoms with Crippen LogP contribution >= 0.6 is 41.9 Å². The van der Waals surface area contributed by atoms with Crippen molar-refractivity contribution in [2.45, 2.75) is 13.3 Å². The lowest BCUT2D eigenvalue weighted by Crippen LogP contribution is -2.18. The molecule has 1 aliphatic carbocycles. The summed E-state index contributed by atoms with van der Waals surface area (Å²) in [5, 5.41) is 0.788. The fourth-order valence-electron chi connectivity index (χ4n) is 3.10. The van der Waals surface area contributed by atoms with Crippen molar-refractivity contribution in [2.24, 2.45) is 5.92 Å². The quantitative estimate of drug-likeness (QED) is 0.544. The number of allylic oxidation sites excluding steroid dienone is 1. The molecule has 1 fully saturated rings. The van der Waals surface area contributed by atoms with Crippen molar-refractivity contribution in [1.82, 2.24) is 4.31 Å². The van der Waals surface area contributed by atoms with Gasteiger partial charge in [0, 0.05) is 44.9 Å². The van der Waals surface area contributed by atoms with E-state index in [4.69, 9.17) is 11.6 Å². The first-order valence-electron chi connectivity index (χ1n) is 6.17. The molecule has 0 amide bonds. The lowest BCUT2D eigenvalue weighted by molar-refractivity contribution is -0.111. The number of ketones is 1. The van der Waals surface area contributed by atoms with Gasteiger partial charge in [-0.05, 0) is 51.1 Å². The van der Waals surface area contributed by atoms with E-state index in [1.54, 1.807) is 16.0 Å². The summed E-state index contributed by atoms with van der Waals surface area (Å²) in [6.07, 6.45) is 0.953. The molecule has 1 unspecified atom stereocenters. The molecule has 2 nitrogen and oxygen atoms in total. The summed E-state index contributed by atoms with van der Waals surface area (Å²) in [5.41, 5.74) is 4.39. The van der Waals surface area contributed by atoms with E-state index >= 15 is 0 Å². The summed E-state index contributed by atoms with van der Waals surface area (Å²) in [4.78, 5) is 12.1. The van der Waals surface area contributed by atoms with E-state index in [2.05, 4.69) is 25.5 Å². The van der Waals surface area contributed by atoms with Crippen LogP contribution in [0.3, 0.4) is 0 Å². The Morgan fingerprint density at radius 1 is 1.53 bits per heavy atom. The lowest BCUT2D eigenvalue weighted by Gasteiger charge is -2.25. The molecule has 2 aliphatic rings. The van der Waals surface area contributed by atoms with Gasteiger partial charge in [0.25, 0.3) is 0 Å². The van der Waals surface area contributed by atoms with Crippen LogP contribution in [0.15, 0.2) is 23.8 Å². The minimum Gasteiger partial charge on any atom is -0.294 e. The second-order valence-electron chi connectivity index (χ2n) is 5.01. The average molecular weight is 406 g/mol. The van der Waals surface area contributed by atoms with E-state index < -0.39 is 0 Å². The maximum absolute atomic E-state index is 12.1. The number of nitrogens with zero attached hydrogens (tertiary/aromatic N) is 1. The van der Waals surface area contributed by atoms with Crippen LogP contribution in [0.1, 0.15) is 18.1 Å². The summed E-state index contributed by atoms with van der Waals surface area (Å²) in [6.45, 7) is 3.55. The number of halogens is 2. The predicted octanol–water partition coefficient (Wildman–Crippen LogP) is 4.17. The Morgan fingerprint density at radius 3 is 3.00 bits per heavy atom. The maximum Gasteiger partial charge on any atom is 0.160 e. The number of Topliss-reactive ketones (excluding diaryl/α,β-unsaturated/α-hetero) is 1. The highest BCUT2D eigenvalue weighted by Gasteiger charge is 2.36. The van der Waals surface area contributed by atoms with E-state index in [9.17, 15) is 4.79 Å². The van der Waals surface area contributed by atoms with E-state index in [1.165, 1.54) is 5.57 Å². The zero-order valence-electron chi connectivity index (χ0n) is 10.5. The van der Waals surface area contributed by atoms with Crippen molar-refractivity contribution in [2.75, 3.05) is 13.1 Å². The number of hydrogen-bond acceptors (Lipinski definition) is 3. The van der Waals surface area contributed by atoms with Crippen molar-refractivity contribution >= 4 is 53.3 Å². The van der Waals surface area contributed by atoms with E-state index in [1.807, 2.05) is 18.2 Å². The zero-order valence-corrected chi connectivity index (χ0v) is 14.2. The molecular formula is C14H13ClINOS. The first-order chi connectivity index (χ1) is 9.11. The Morgan fingerprint density at radius 2 is 2.32 bits per heavy atom. The van der Waals surface area contributed by atoms with Gasteiger partial charge < -0.3 is 0 Å². The standard InChI is InChI=1S/C14H13ClINOS/c1-8(18)14-10-3-2-4-13(15)11(10)5-9-6-17(19-16)7-12(9)14/h2-4,9H,5-7H2,1H3. The van der Waals surface area contributed by atoms with Crippen molar-refractivity contribution in [3.8, 4) is 0 Å². The minimum absolute atomic E-state index is 0.156. The van der Waals surface area contributed by atoms with Gasteiger partial charge in [-0.3, -0.25) is 4.79 Å². The Kier molecular flexibility index (Phi) is 3.95. The highest BCUT2D eigenvalue weighted by Crippen LogP contribution is 2.43. The second kappa shape index (κ2) is 5.39. The predicted molar refractivity (Wildman–Crippen MR) is 89.4 cm³/mol. The smallest absolute Gasteiger partial charge is 0.160 e. The van der Waals surface area contributed by atoms with Gasteiger partial charge in [-0.15, -0.1) is 0 Å². The normalized spacial score (nSPS) is 22.4. The Labute approximate surface area is 134 Å². The third-order valence-electron chi connectivity index (χ3n) is 3.87. The van der Waals surface area contributed by atoms with Crippen LogP contribution in [0.4, 0.5) is 0 Å². The van der Waals surface area contributed by atoms with Crippen LogP contribution in [-0.2, 0) is 11.2 Å². The number of hydrogen-bond donors (Lipinski definition) is 0. The van der Waals surface area contributed by atoms with Crippen LogP contribution in [-0.4, -0.2) is 23.2 Å². The van der Waals surface area contributed by atoms with Crippen LogP contribution in [0.2, 0.25) is 5.02 Å². The van der Waals surface area contributed by atoms with Gasteiger partial charge in [-0.25, -0.2) is 4.31 Å². The van der Waals surface area contributed by atoms with Gasteiger partial charge in [0.2, 0.25) is 0 Å². The van der Waals surface area contributed by atoms with Crippen LogP contribution in [0.25, 0.3) is 5.57 Å². The van der Waals surface area contributed by atoms with Gasteiger partial charge in [-0.2, -0.15) is 0 Å². The molecular weight excluding hydrogens is 393 g/mol. The summed E-state index contributed by atoms with van der Waals surface area (Å²) in [6, 6.07) is 5.88. The SMILES string of the molecule is CC(=O)C1=C2CN(SI)CC2Cc2c(Cl)cccc21. The first kappa shape index (κ1) is 13.9. The van der Waals surface area contributed by atoms with Crippen LogP contribution < -0.4 is 0 Å². The fourth-order valence-corrected chi connectivity index (χ4v) is 4.67. The van der Waals surface area contributed by atoms with Crippen LogP contribution in [0, 0.1) is 5.92 Å². The monoisotopic (exact) mass is 405 g/mol. The third kappa shape index (κ3) is 2.37. The molecule has 5 heteroatoms. The van der Waals surface area contributed by atoms with Gasteiger partial charge in [0.05, 0.1) is 0 Å². The number of fused-ring (bicyclic) bond motifs is 2. The molecule has 19 heavy (non-hydrogen) atoms. The van der Waals surface area contributed by atoms with Gasteiger partial charge in [0.1, 0.15) is 0 Å². The summed E-state index contributed by atoms with van der Waals surface area (Å²) in [5.74, 6) is 0.595. The van der Waals surface area contributed by atoms with Gasteiger partial charge in [-0.1, -0.05) is 23.7 Å². The lowest BCUT2D eigenvalue weighted by atomic mass is 9.79. The highest BCUT2D eigenvalue weighted by atomic mass is 127. The molecule has 0 spiro atoms. The first-order valence-corrected chi connectivity index (χ1v) is 9.86. The van der Waals surface area contributed by atoms with Crippen molar-refractivity contribution in [3.05, 3.63) is 39.9 Å². The number of carbonyl (C=O) groups excluding carboxylic acids is 1. The fraction of sp³-hybridized carbons (Fsp3) is 0.357. The molecule has 0 N–H and O–H groups in total. The molecule has 100 valence electrons. The van der Waals surface area contributed by atoms with E-state index in [-0.39, 0.29) is 5.78 Å². The highest BCUT2D eigenvalue weighted by molar-refractivity contribution is 14.2. The molecule has 0 aromatic heterocycles. The van der Waals surface area contributed by atoms with Crippen molar-refractivity contribution in [3.63, 3.8) is 0 Å². The van der Waals surface area contributed by atoms with Crippen molar-refractivity contribution in [1.29, 1.82) is 0 Å². The summed E-state index contributed by atoms with van der Waals surface area (Å²) in [7, 11) is 1.72. The molecule has 1 aliphatic heterocycles. The molecule has 0 radical (unpaired) electrons. The average Bonchev–Trinajstić information content (AvgIpc) is 2.79. The largest absolute Gasteiger partial charge is 0.294 e. The number of rotatable bonds is 2. The minimum atomic E-state index is 0.156. The Balaban J connectivity index is 2.17.